The molecule has 0 fully saturated rings. The number of H-pyrrole nitrogens is 1. The molecule has 2 heterocycles. The zero-order valence-corrected chi connectivity index (χ0v) is 31.2. The first-order valence-corrected chi connectivity index (χ1v) is 13.7. The second kappa shape index (κ2) is 22.9. The molecule has 0 radical (unpaired) electrons. The summed E-state index contributed by atoms with van der Waals surface area (Å²) in [5, 5.41) is 23.2. The summed E-state index contributed by atoms with van der Waals surface area (Å²) < 4.78 is 17.1. The number of carbonyl (C=O) groups excluding carboxylic acids is 1. The summed E-state index contributed by atoms with van der Waals surface area (Å²) in [5.41, 5.74) is 6.47. The Labute approximate surface area is 342 Å². The van der Waals surface area contributed by atoms with Gasteiger partial charge in [-0.15, -0.1) is 0 Å². The van der Waals surface area contributed by atoms with Gasteiger partial charge in [-0.1, -0.05) is 0 Å². The van der Waals surface area contributed by atoms with Crippen LogP contribution in [0.4, 0.5) is 11.6 Å². The summed E-state index contributed by atoms with van der Waals surface area (Å²) in [6.45, 7) is 0.231. The summed E-state index contributed by atoms with van der Waals surface area (Å²) in [6.07, 6.45) is 0.840. The predicted molar refractivity (Wildman–Crippen MR) is 144 cm³/mol. The van der Waals surface area contributed by atoms with Crippen LogP contribution in [0.5, 0.6) is 0 Å². The van der Waals surface area contributed by atoms with Gasteiger partial charge in [0, 0.05) is 17.7 Å². The standard InChI is InChI=1S/C19H19N7O6.3Ca.2H3O4P/c20-19-25-15-14(17(30)26-19)23-11(8-22-15)7-21-10-3-1-9(2-4-10)16(29)24-12(18(31)32)5-6-13(27)28;;;;2*1-5(2,3)4/h1-4,8,12,21H,5-7H2,(H,24,29)(H,27,28)(H,31,32)(H3,20,22,25,26,30);;;;2*(H3,1,2,3,4)/q;3*+2;;/p-6/t12-;;;;;/m0...../s1. The van der Waals surface area contributed by atoms with Crippen molar-refractivity contribution < 1.29 is 63.1 Å². The quantitative estimate of drug-likeness (QED) is 0.0873. The minimum Gasteiger partial charge on any atom is -0.822 e. The number of carboxylic acids is 2. The maximum Gasteiger partial charge on any atom is 2.00 e. The molecule has 26 heteroatoms. The van der Waals surface area contributed by atoms with Gasteiger partial charge < -0.3 is 65.1 Å². The molecule has 0 unspecified atom stereocenters. The summed E-state index contributed by atoms with van der Waals surface area (Å²) in [4.78, 5) is 112. The van der Waals surface area contributed by atoms with Crippen molar-refractivity contribution >= 4 is 170 Å². The van der Waals surface area contributed by atoms with E-state index < -0.39 is 45.1 Å². The van der Waals surface area contributed by atoms with Crippen molar-refractivity contribution in [3.63, 3.8) is 0 Å². The Morgan fingerprint density at radius 3 is 1.91 bits per heavy atom. The predicted octanol–water partition coefficient (Wildman–Crippen LogP) is -6.84. The number of rotatable bonds is 9. The first kappa shape index (κ1) is 48.8. The van der Waals surface area contributed by atoms with Crippen LogP contribution in [0.1, 0.15) is 28.9 Å². The van der Waals surface area contributed by atoms with E-state index in [1.807, 2.05) is 0 Å². The number of nitrogens with zero attached hydrogens (tertiary/aromatic N) is 3. The van der Waals surface area contributed by atoms with E-state index in [4.69, 9.17) is 54.4 Å². The zero-order chi connectivity index (χ0) is 32.3. The number of phosphoric acid groups is 2. The SMILES string of the molecule is Nc1nc2ncc(CNc3ccc(C(=O)N[C@@H](CCC(=O)O)C(=O)O)cc3)nc2c(=O)[nH]1.O=P([O-])([O-])[O-].O=P([O-])([O-])[O-].[Ca+2].[Ca+2].[Ca+2]. The van der Waals surface area contributed by atoms with Crippen LogP contribution in [0.25, 0.3) is 11.2 Å². The molecule has 1 atom stereocenters. The molecule has 0 spiro atoms. The molecule has 3 rings (SSSR count). The van der Waals surface area contributed by atoms with Crippen LogP contribution in [0.3, 0.4) is 0 Å². The van der Waals surface area contributed by atoms with Crippen molar-refractivity contribution in [3.05, 3.63) is 52.1 Å². The molecule has 2 aromatic heterocycles. The number of amides is 1. The first-order chi connectivity index (χ1) is 19.2. The fourth-order valence-corrected chi connectivity index (χ4v) is 2.75. The van der Waals surface area contributed by atoms with Crippen LogP contribution < -0.4 is 51.3 Å². The molecule has 45 heavy (non-hydrogen) atoms. The van der Waals surface area contributed by atoms with Gasteiger partial charge in [0.05, 0.1) is 18.4 Å². The third-order valence-corrected chi connectivity index (χ3v) is 4.36. The average Bonchev–Trinajstić information content (AvgIpc) is 2.83. The number of fused-ring (bicyclic) bond motifs is 1. The van der Waals surface area contributed by atoms with Crippen LogP contribution in [0.15, 0.2) is 35.3 Å². The molecule has 1 amide bonds. The number of anilines is 2. The molecule has 0 aliphatic heterocycles. The molecule has 0 saturated carbocycles. The van der Waals surface area contributed by atoms with Gasteiger partial charge in [0.2, 0.25) is 5.95 Å². The number of nitrogen functional groups attached to an aromatic ring is 1. The Morgan fingerprint density at radius 2 is 1.44 bits per heavy atom. The first-order valence-electron chi connectivity index (χ1n) is 10.8. The number of aromatic nitrogens is 4. The largest absolute Gasteiger partial charge is 2.00 e. The minimum atomic E-state index is -5.39. The number of nitrogens with one attached hydrogen (secondary N) is 3. The number of hydrogen-bond acceptors (Lipinski definition) is 17. The molecular weight excluding hydrogens is 732 g/mol. The number of aliphatic carboxylic acids is 2. The molecular formula is C19H19Ca3N7O14P2. The summed E-state index contributed by atoms with van der Waals surface area (Å²) in [5.74, 6) is -3.16. The number of carbonyl (C=O) groups is 3. The van der Waals surface area contributed by atoms with Crippen molar-refractivity contribution in [1.29, 1.82) is 0 Å². The summed E-state index contributed by atoms with van der Waals surface area (Å²) >= 11 is 0. The van der Waals surface area contributed by atoms with Gasteiger partial charge in [-0.25, -0.2) is 14.8 Å². The zero-order valence-electron chi connectivity index (χ0n) is 22.8. The fourth-order valence-electron chi connectivity index (χ4n) is 2.75. The van der Waals surface area contributed by atoms with Crippen LogP contribution >= 0.6 is 15.6 Å². The van der Waals surface area contributed by atoms with E-state index in [1.54, 1.807) is 12.1 Å². The maximum atomic E-state index is 12.3. The molecule has 0 saturated heterocycles. The van der Waals surface area contributed by atoms with Gasteiger partial charge in [-0.2, -0.15) is 20.6 Å². The number of benzene rings is 1. The molecule has 0 aliphatic rings. The molecule has 3 aromatic rings. The number of hydrogen-bond donors (Lipinski definition) is 6. The van der Waals surface area contributed by atoms with Crippen LogP contribution in [0, 0.1) is 0 Å². The third-order valence-electron chi connectivity index (χ3n) is 4.36. The Bertz CT molecular complexity index is 1530. The molecule has 1 aromatic carbocycles. The van der Waals surface area contributed by atoms with Crippen molar-refractivity contribution in [2.45, 2.75) is 25.4 Å². The Hall–Kier alpha value is -0.551. The second-order valence-corrected chi connectivity index (χ2v) is 9.40. The number of carboxylic acid groups (broad SMARTS) is 2. The van der Waals surface area contributed by atoms with E-state index >= 15 is 0 Å². The monoisotopic (exact) mass is 751 g/mol. The van der Waals surface area contributed by atoms with Gasteiger partial charge in [-0.3, -0.25) is 19.4 Å². The minimum absolute atomic E-state index is 0. The van der Waals surface area contributed by atoms with E-state index in [0.717, 1.165) is 0 Å². The van der Waals surface area contributed by atoms with E-state index in [0.29, 0.717) is 11.4 Å². The summed E-state index contributed by atoms with van der Waals surface area (Å²) in [6, 6.07) is 4.86. The molecule has 21 nitrogen and oxygen atoms in total. The van der Waals surface area contributed by atoms with Crippen molar-refractivity contribution in [3.8, 4) is 0 Å². The summed E-state index contributed by atoms with van der Waals surface area (Å²) in [7, 11) is -10.8. The fraction of sp³-hybridized carbons (Fsp3) is 0.211. The average molecular weight is 752 g/mol. The van der Waals surface area contributed by atoms with Crippen molar-refractivity contribution in [1.82, 2.24) is 25.3 Å². The van der Waals surface area contributed by atoms with Gasteiger partial charge in [0.25, 0.3) is 11.5 Å². The van der Waals surface area contributed by atoms with Crippen LogP contribution in [-0.4, -0.2) is 167 Å². The van der Waals surface area contributed by atoms with Crippen molar-refractivity contribution in [2.24, 2.45) is 0 Å². The molecule has 0 aliphatic carbocycles. The normalized spacial score (nSPS) is 10.9. The van der Waals surface area contributed by atoms with E-state index in [9.17, 15) is 19.2 Å². The Balaban J connectivity index is -0.00000118. The third kappa shape index (κ3) is 23.4. The maximum absolute atomic E-state index is 12.3. The van der Waals surface area contributed by atoms with Crippen LogP contribution in [0.2, 0.25) is 0 Å². The van der Waals surface area contributed by atoms with Gasteiger partial charge in [-0.05, 0) is 30.7 Å². The Morgan fingerprint density at radius 1 is 0.933 bits per heavy atom. The topological polar surface area (TPSA) is 386 Å². The molecule has 0 bridgehead atoms. The van der Waals surface area contributed by atoms with E-state index in [-0.39, 0.29) is 155 Å². The smallest absolute Gasteiger partial charge is 0.822 e. The van der Waals surface area contributed by atoms with E-state index in [2.05, 4.69) is 30.6 Å². The Kier molecular flexibility index (Phi) is 24.9. The second-order valence-electron chi connectivity index (χ2n) is 7.61. The number of nitrogens with two attached hydrogens (primary N) is 1. The van der Waals surface area contributed by atoms with Gasteiger partial charge in [0.15, 0.2) is 11.2 Å². The molecule has 7 N–H and O–H groups in total. The van der Waals surface area contributed by atoms with Gasteiger partial charge in [0.1, 0.15) is 6.04 Å². The number of aromatic amines is 1. The van der Waals surface area contributed by atoms with Crippen molar-refractivity contribution in [2.75, 3.05) is 11.1 Å². The van der Waals surface area contributed by atoms with Crippen LogP contribution in [-0.2, 0) is 25.3 Å². The molecule has 230 valence electrons. The van der Waals surface area contributed by atoms with E-state index in [1.165, 1.54) is 18.3 Å². The van der Waals surface area contributed by atoms with Gasteiger partial charge >= 0.3 is 125 Å².